The molecular weight excluding hydrogens is 313 g/mol. The standard InChI is InChI=1S/C16H15F3O4/c1-2-14(20)22-10-11-23-15(21)5-3-4-12-6-8-13(9-7-12)16(17,18)19/h2-4,6-9H,1,5,10-11H2/b4-3+. The molecule has 0 bridgehead atoms. The Morgan fingerprint density at radius 1 is 1.09 bits per heavy atom. The second-order valence-electron chi connectivity index (χ2n) is 4.32. The zero-order valence-electron chi connectivity index (χ0n) is 12.1. The van der Waals surface area contributed by atoms with Crippen molar-refractivity contribution in [3.63, 3.8) is 0 Å². The number of benzene rings is 1. The molecule has 0 aliphatic carbocycles. The molecule has 0 N–H and O–H groups in total. The van der Waals surface area contributed by atoms with Crippen molar-refractivity contribution >= 4 is 18.0 Å². The van der Waals surface area contributed by atoms with Crippen molar-refractivity contribution in [2.45, 2.75) is 12.6 Å². The molecule has 0 fully saturated rings. The van der Waals surface area contributed by atoms with Gasteiger partial charge in [-0.25, -0.2) is 4.79 Å². The van der Waals surface area contributed by atoms with Gasteiger partial charge in [-0.05, 0) is 17.7 Å². The Morgan fingerprint density at radius 3 is 2.26 bits per heavy atom. The number of hydrogen-bond donors (Lipinski definition) is 0. The van der Waals surface area contributed by atoms with Crippen LogP contribution in [0.1, 0.15) is 17.5 Å². The molecule has 0 aliphatic rings. The minimum Gasteiger partial charge on any atom is -0.462 e. The lowest BCUT2D eigenvalue weighted by molar-refractivity contribution is -0.148. The predicted octanol–water partition coefficient (Wildman–Crippen LogP) is 3.38. The number of ether oxygens (including phenoxy) is 2. The zero-order chi connectivity index (χ0) is 17.3. The van der Waals surface area contributed by atoms with Gasteiger partial charge in [0.25, 0.3) is 0 Å². The highest BCUT2D eigenvalue weighted by atomic mass is 19.4. The largest absolute Gasteiger partial charge is 0.462 e. The lowest BCUT2D eigenvalue weighted by Crippen LogP contribution is -2.12. The Morgan fingerprint density at radius 2 is 1.70 bits per heavy atom. The summed E-state index contributed by atoms with van der Waals surface area (Å²) in [6.07, 6.45) is -0.439. The van der Waals surface area contributed by atoms with E-state index in [1.165, 1.54) is 24.3 Å². The number of esters is 2. The van der Waals surface area contributed by atoms with Crippen molar-refractivity contribution in [1.82, 2.24) is 0 Å². The maximum atomic E-state index is 12.4. The fourth-order valence-corrected chi connectivity index (χ4v) is 1.49. The van der Waals surface area contributed by atoms with Gasteiger partial charge in [-0.15, -0.1) is 0 Å². The van der Waals surface area contributed by atoms with E-state index in [1.54, 1.807) is 0 Å². The molecule has 1 aromatic carbocycles. The molecule has 0 atom stereocenters. The van der Waals surface area contributed by atoms with Crippen LogP contribution in [0.5, 0.6) is 0 Å². The van der Waals surface area contributed by atoms with Crippen molar-refractivity contribution in [1.29, 1.82) is 0 Å². The van der Waals surface area contributed by atoms with E-state index >= 15 is 0 Å². The van der Waals surface area contributed by atoms with Crippen molar-refractivity contribution in [2.75, 3.05) is 13.2 Å². The van der Waals surface area contributed by atoms with Gasteiger partial charge in [0, 0.05) is 6.08 Å². The molecule has 0 radical (unpaired) electrons. The Balaban J connectivity index is 2.33. The highest BCUT2D eigenvalue weighted by molar-refractivity contribution is 5.81. The van der Waals surface area contributed by atoms with Crippen LogP contribution in [0.15, 0.2) is 43.0 Å². The number of carbonyl (C=O) groups excluding carboxylic acids is 2. The molecular formula is C16H15F3O4. The van der Waals surface area contributed by atoms with Crippen molar-refractivity contribution in [3.8, 4) is 0 Å². The SMILES string of the molecule is C=CC(=O)OCCOC(=O)C/C=C/c1ccc(C(F)(F)F)cc1. The summed E-state index contributed by atoms with van der Waals surface area (Å²) in [7, 11) is 0. The van der Waals surface area contributed by atoms with E-state index < -0.39 is 23.7 Å². The van der Waals surface area contributed by atoms with Crippen LogP contribution in [-0.2, 0) is 25.2 Å². The lowest BCUT2D eigenvalue weighted by atomic mass is 10.1. The number of alkyl halides is 3. The van der Waals surface area contributed by atoms with Crippen LogP contribution in [0, 0.1) is 0 Å². The summed E-state index contributed by atoms with van der Waals surface area (Å²) in [4.78, 5) is 22.1. The summed E-state index contributed by atoms with van der Waals surface area (Å²) in [6, 6.07) is 4.54. The molecule has 0 saturated carbocycles. The highest BCUT2D eigenvalue weighted by Crippen LogP contribution is 2.29. The average Bonchev–Trinajstić information content (AvgIpc) is 2.51. The second-order valence-corrected chi connectivity index (χ2v) is 4.32. The van der Waals surface area contributed by atoms with E-state index in [0.29, 0.717) is 5.56 Å². The average molecular weight is 328 g/mol. The van der Waals surface area contributed by atoms with Gasteiger partial charge in [0.05, 0.1) is 12.0 Å². The third-order valence-electron chi connectivity index (χ3n) is 2.59. The molecule has 1 rings (SSSR count). The fourth-order valence-electron chi connectivity index (χ4n) is 1.49. The fraction of sp³-hybridized carbons (Fsp3) is 0.250. The summed E-state index contributed by atoms with van der Waals surface area (Å²) < 4.78 is 46.5. The first-order valence-electron chi connectivity index (χ1n) is 6.61. The molecule has 0 aliphatic heterocycles. The van der Waals surface area contributed by atoms with Crippen LogP contribution in [0.3, 0.4) is 0 Å². The van der Waals surface area contributed by atoms with Crippen LogP contribution in [0.25, 0.3) is 6.08 Å². The summed E-state index contributed by atoms with van der Waals surface area (Å²) in [5.74, 6) is -1.15. The Bertz CT molecular complexity index is 574. The van der Waals surface area contributed by atoms with Gasteiger partial charge in [-0.2, -0.15) is 13.2 Å². The normalized spacial score (nSPS) is 11.3. The van der Waals surface area contributed by atoms with Crippen molar-refractivity contribution in [3.05, 3.63) is 54.1 Å². The van der Waals surface area contributed by atoms with Crippen LogP contribution in [0.4, 0.5) is 13.2 Å². The van der Waals surface area contributed by atoms with E-state index in [1.807, 2.05) is 0 Å². The number of halogens is 3. The zero-order valence-corrected chi connectivity index (χ0v) is 12.1. The smallest absolute Gasteiger partial charge is 0.416 e. The molecule has 124 valence electrons. The molecule has 0 aromatic heterocycles. The molecule has 7 heteroatoms. The molecule has 4 nitrogen and oxygen atoms in total. The molecule has 0 unspecified atom stereocenters. The van der Waals surface area contributed by atoms with Gasteiger partial charge in [0.2, 0.25) is 0 Å². The number of hydrogen-bond acceptors (Lipinski definition) is 4. The Labute approximate surface area is 131 Å². The van der Waals surface area contributed by atoms with Crippen molar-refractivity contribution < 1.29 is 32.2 Å². The van der Waals surface area contributed by atoms with Gasteiger partial charge in [0.15, 0.2) is 0 Å². The first-order valence-corrected chi connectivity index (χ1v) is 6.61. The van der Waals surface area contributed by atoms with Crippen LogP contribution < -0.4 is 0 Å². The van der Waals surface area contributed by atoms with Gasteiger partial charge in [0.1, 0.15) is 13.2 Å². The minimum atomic E-state index is -4.37. The van der Waals surface area contributed by atoms with E-state index in [9.17, 15) is 22.8 Å². The molecule has 0 saturated heterocycles. The van der Waals surface area contributed by atoms with Crippen LogP contribution in [-0.4, -0.2) is 25.2 Å². The second kappa shape index (κ2) is 8.77. The van der Waals surface area contributed by atoms with E-state index in [4.69, 9.17) is 4.74 Å². The first-order chi connectivity index (χ1) is 10.8. The van der Waals surface area contributed by atoms with Crippen molar-refractivity contribution in [2.24, 2.45) is 0 Å². The number of rotatable bonds is 7. The van der Waals surface area contributed by atoms with Crippen LogP contribution in [0.2, 0.25) is 0 Å². The summed E-state index contributed by atoms with van der Waals surface area (Å²) >= 11 is 0. The molecule has 0 spiro atoms. The van der Waals surface area contributed by atoms with Gasteiger partial charge >= 0.3 is 18.1 Å². The first kappa shape index (κ1) is 18.5. The third-order valence-corrected chi connectivity index (χ3v) is 2.59. The maximum Gasteiger partial charge on any atom is 0.416 e. The summed E-state index contributed by atoms with van der Waals surface area (Å²) in [5, 5.41) is 0. The minimum absolute atomic E-state index is 0.0452. The molecule has 23 heavy (non-hydrogen) atoms. The van der Waals surface area contributed by atoms with E-state index in [2.05, 4.69) is 11.3 Å². The van der Waals surface area contributed by atoms with Gasteiger partial charge in [-0.3, -0.25) is 4.79 Å². The Hall–Kier alpha value is -2.57. The topological polar surface area (TPSA) is 52.6 Å². The summed E-state index contributed by atoms with van der Waals surface area (Å²) in [5.41, 5.74) is -0.200. The van der Waals surface area contributed by atoms with E-state index in [-0.39, 0.29) is 19.6 Å². The highest BCUT2D eigenvalue weighted by Gasteiger charge is 2.29. The quantitative estimate of drug-likeness (QED) is 0.437. The van der Waals surface area contributed by atoms with Crippen LogP contribution >= 0.6 is 0 Å². The maximum absolute atomic E-state index is 12.4. The van der Waals surface area contributed by atoms with E-state index in [0.717, 1.165) is 18.2 Å². The Kier molecular flexibility index (Phi) is 7.05. The third kappa shape index (κ3) is 7.30. The molecule has 0 heterocycles. The molecule has 1 aromatic rings. The van der Waals surface area contributed by atoms with Gasteiger partial charge in [-0.1, -0.05) is 30.9 Å². The predicted molar refractivity (Wildman–Crippen MR) is 77.2 cm³/mol. The monoisotopic (exact) mass is 328 g/mol. The van der Waals surface area contributed by atoms with Gasteiger partial charge < -0.3 is 9.47 Å². The summed E-state index contributed by atoms with van der Waals surface area (Å²) in [6.45, 7) is 3.06. The molecule has 0 amide bonds. The number of carbonyl (C=O) groups is 2. The lowest BCUT2D eigenvalue weighted by Gasteiger charge is -2.06.